The number of furan rings is 1. The predicted molar refractivity (Wildman–Crippen MR) is 68.4 cm³/mol. The molecular formula is C14H15NO3. The van der Waals surface area contributed by atoms with Gasteiger partial charge in [-0.25, -0.2) is 0 Å². The molecule has 0 amide bonds. The molecule has 2 rings (SSSR count). The Bertz CT molecular complexity index is 572. The monoisotopic (exact) mass is 245 g/mol. The van der Waals surface area contributed by atoms with E-state index in [2.05, 4.69) is 0 Å². The van der Waals surface area contributed by atoms with Gasteiger partial charge in [0, 0.05) is 18.4 Å². The molecule has 0 aliphatic carbocycles. The van der Waals surface area contributed by atoms with Crippen molar-refractivity contribution in [2.24, 2.45) is 0 Å². The van der Waals surface area contributed by atoms with Gasteiger partial charge in [-0.05, 0) is 30.7 Å². The lowest BCUT2D eigenvalue weighted by molar-refractivity contribution is 0.0999. The Morgan fingerprint density at radius 3 is 2.83 bits per heavy atom. The molecular weight excluding hydrogens is 230 g/mol. The summed E-state index contributed by atoms with van der Waals surface area (Å²) in [6, 6.07) is 8.66. The first kappa shape index (κ1) is 12.4. The number of hydrogen-bond acceptors (Lipinski definition) is 4. The van der Waals surface area contributed by atoms with Gasteiger partial charge in [-0.15, -0.1) is 0 Å². The van der Waals surface area contributed by atoms with Gasteiger partial charge in [-0.1, -0.05) is 12.1 Å². The number of hydrogen-bond donors (Lipinski definition) is 1. The van der Waals surface area contributed by atoms with Gasteiger partial charge < -0.3 is 14.9 Å². The zero-order chi connectivity index (χ0) is 13.1. The molecule has 18 heavy (non-hydrogen) atoms. The molecule has 0 unspecified atom stereocenters. The Labute approximate surface area is 105 Å². The van der Waals surface area contributed by atoms with E-state index in [0.29, 0.717) is 29.4 Å². The first-order valence-electron chi connectivity index (χ1n) is 5.61. The van der Waals surface area contributed by atoms with Crippen LogP contribution in [0.15, 0.2) is 34.7 Å². The minimum atomic E-state index is -0.165. The summed E-state index contributed by atoms with van der Waals surface area (Å²) >= 11 is 0. The van der Waals surface area contributed by atoms with Crippen molar-refractivity contribution < 1.29 is 13.9 Å². The molecule has 0 aliphatic heterocycles. The highest BCUT2D eigenvalue weighted by molar-refractivity contribution is 6.08. The van der Waals surface area contributed by atoms with Crippen LogP contribution in [0.4, 0.5) is 5.69 Å². The lowest BCUT2D eigenvalue weighted by Gasteiger charge is -2.05. The molecule has 2 aromatic rings. The van der Waals surface area contributed by atoms with Crippen LogP contribution in [0.5, 0.6) is 0 Å². The van der Waals surface area contributed by atoms with Crippen molar-refractivity contribution in [3.05, 3.63) is 53.0 Å². The summed E-state index contributed by atoms with van der Waals surface area (Å²) in [5.41, 5.74) is 7.72. The van der Waals surface area contributed by atoms with Crippen LogP contribution in [0, 0.1) is 6.92 Å². The number of methoxy groups -OCH3 is 1. The highest BCUT2D eigenvalue weighted by Crippen LogP contribution is 2.20. The average molecular weight is 245 g/mol. The fourth-order valence-corrected chi connectivity index (χ4v) is 1.75. The minimum Gasteiger partial charge on any atom is -0.455 e. The second-order valence-electron chi connectivity index (χ2n) is 4.05. The van der Waals surface area contributed by atoms with E-state index in [1.54, 1.807) is 37.4 Å². The van der Waals surface area contributed by atoms with Gasteiger partial charge in [-0.2, -0.15) is 0 Å². The summed E-state index contributed by atoms with van der Waals surface area (Å²) in [5, 5.41) is 0. The maximum Gasteiger partial charge on any atom is 0.228 e. The van der Waals surface area contributed by atoms with Gasteiger partial charge in [0.1, 0.15) is 12.4 Å². The van der Waals surface area contributed by atoms with E-state index in [-0.39, 0.29) is 5.78 Å². The molecule has 1 heterocycles. The fraction of sp³-hybridized carbons (Fsp3) is 0.214. The summed E-state index contributed by atoms with van der Waals surface area (Å²) in [5.74, 6) is 0.764. The van der Waals surface area contributed by atoms with Gasteiger partial charge in [0.15, 0.2) is 5.76 Å². The summed E-state index contributed by atoms with van der Waals surface area (Å²) in [7, 11) is 1.58. The second-order valence-corrected chi connectivity index (χ2v) is 4.05. The standard InChI is InChI=1S/C14H15NO3/c1-9-11(4-3-5-12(9)15)14(16)13-7-6-10(18-13)8-17-2/h3-7H,8,15H2,1-2H3. The van der Waals surface area contributed by atoms with Crippen LogP contribution in [0.25, 0.3) is 0 Å². The highest BCUT2D eigenvalue weighted by Gasteiger charge is 2.16. The number of rotatable bonds is 4. The van der Waals surface area contributed by atoms with Crippen LogP contribution < -0.4 is 5.73 Å². The van der Waals surface area contributed by atoms with Crippen molar-refractivity contribution in [3.8, 4) is 0 Å². The zero-order valence-electron chi connectivity index (χ0n) is 10.4. The van der Waals surface area contributed by atoms with E-state index in [4.69, 9.17) is 14.9 Å². The van der Waals surface area contributed by atoms with Gasteiger partial charge in [0.25, 0.3) is 0 Å². The molecule has 94 valence electrons. The molecule has 4 heteroatoms. The molecule has 0 radical (unpaired) electrons. The van der Waals surface area contributed by atoms with Crippen LogP contribution in [0.1, 0.15) is 27.4 Å². The molecule has 2 N–H and O–H groups in total. The van der Waals surface area contributed by atoms with Crippen LogP contribution in [0.3, 0.4) is 0 Å². The number of ether oxygens (including phenoxy) is 1. The van der Waals surface area contributed by atoms with E-state index in [0.717, 1.165) is 5.56 Å². The maximum atomic E-state index is 12.2. The van der Waals surface area contributed by atoms with Crippen molar-refractivity contribution in [1.82, 2.24) is 0 Å². The zero-order valence-corrected chi connectivity index (χ0v) is 10.4. The Hall–Kier alpha value is -2.07. The molecule has 0 atom stereocenters. The average Bonchev–Trinajstić information content (AvgIpc) is 2.81. The number of carbonyl (C=O) groups excluding carboxylic acids is 1. The summed E-state index contributed by atoms with van der Waals surface area (Å²) in [6.07, 6.45) is 0. The van der Waals surface area contributed by atoms with Crippen LogP contribution >= 0.6 is 0 Å². The van der Waals surface area contributed by atoms with E-state index < -0.39 is 0 Å². The molecule has 0 saturated carbocycles. The van der Waals surface area contributed by atoms with E-state index >= 15 is 0 Å². The normalized spacial score (nSPS) is 10.6. The number of nitrogens with two attached hydrogens (primary N) is 1. The van der Waals surface area contributed by atoms with Crippen molar-refractivity contribution in [3.63, 3.8) is 0 Å². The molecule has 0 fully saturated rings. The van der Waals surface area contributed by atoms with Crippen LogP contribution in [-0.2, 0) is 11.3 Å². The summed E-state index contributed by atoms with van der Waals surface area (Å²) < 4.78 is 10.4. The van der Waals surface area contributed by atoms with Gasteiger partial charge in [0.05, 0.1) is 0 Å². The largest absolute Gasteiger partial charge is 0.455 e. The summed E-state index contributed by atoms with van der Waals surface area (Å²) in [4.78, 5) is 12.2. The molecule has 1 aromatic carbocycles. The molecule has 0 aliphatic rings. The van der Waals surface area contributed by atoms with Gasteiger partial charge in [0.2, 0.25) is 5.78 Å². The number of anilines is 1. The number of benzene rings is 1. The van der Waals surface area contributed by atoms with Crippen molar-refractivity contribution in [2.45, 2.75) is 13.5 Å². The highest BCUT2D eigenvalue weighted by atomic mass is 16.5. The van der Waals surface area contributed by atoms with E-state index in [1.165, 1.54) is 0 Å². The lowest BCUT2D eigenvalue weighted by atomic mass is 10.0. The Kier molecular flexibility index (Phi) is 3.48. The third-order valence-electron chi connectivity index (χ3n) is 2.79. The third-order valence-corrected chi connectivity index (χ3v) is 2.79. The molecule has 0 saturated heterocycles. The molecule has 0 bridgehead atoms. The first-order valence-corrected chi connectivity index (χ1v) is 5.61. The summed E-state index contributed by atoms with van der Waals surface area (Å²) in [6.45, 7) is 2.17. The van der Waals surface area contributed by atoms with Crippen LogP contribution in [0.2, 0.25) is 0 Å². The fourth-order valence-electron chi connectivity index (χ4n) is 1.75. The maximum absolute atomic E-state index is 12.2. The number of nitrogen functional groups attached to an aromatic ring is 1. The first-order chi connectivity index (χ1) is 8.63. The van der Waals surface area contributed by atoms with E-state index in [9.17, 15) is 4.79 Å². The number of ketones is 1. The SMILES string of the molecule is COCc1ccc(C(=O)c2cccc(N)c2C)o1. The minimum absolute atomic E-state index is 0.165. The smallest absolute Gasteiger partial charge is 0.228 e. The lowest BCUT2D eigenvalue weighted by Crippen LogP contribution is -2.04. The number of carbonyl (C=O) groups is 1. The molecule has 4 nitrogen and oxygen atoms in total. The topological polar surface area (TPSA) is 65.5 Å². The van der Waals surface area contributed by atoms with Crippen molar-refractivity contribution in [2.75, 3.05) is 12.8 Å². The Morgan fingerprint density at radius 2 is 2.11 bits per heavy atom. The van der Waals surface area contributed by atoms with Crippen LogP contribution in [-0.4, -0.2) is 12.9 Å². The Balaban J connectivity index is 2.32. The molecule has 1 aromatic heterocycles. The van der Waals surface area contributed by atoms with Gasteiger partial charge >= 0.3 is 0 Å². The van der Waals surface area contributed by atoms with E-state index in [1.807, 2.05) is 6.92 Å². The van der Waals surface area contributed by atoms with Crippen molar-refractivity contribution in [1.29, 1.82) is 0 Å². The van der Waals surface area contributed by atoms with Crippen molar-refractivity contribution >= 4 is 11.5 Å². The Morgan fingerprint density at radius 1 is 1.33 bits per heavy atom. The quantitative estimate of drug-likeness (QED) is 0.664. The molecule has 0 spiro atoms. The van der Waals surface area contributed by atoms with Gasteiger partial charge in [-0.3, -0.25) is 4.79 Å². The third kappa shape index (κ3) is 2.28. The second kappa shape index (κ2) is 5.06. The predicted octanol–water partition coefficient (Wildman–Crippen LogP) is 2.55.